The van der Waals surface area contributed by atoms with E-state index in [0.717, 1.165) is 46.6 Å². The fraction of sp³-hybridized carbons (Fsp3) is 0.457. The lowest BCUT2D eigenvalue weighted by molar-refractivity contribution is -0.120. The number of ether oxygens (including phenoxy) is 1. The summed E-state index contributed by atoms with van der Waals surface area (Å²) in [4.78, 5) is 42.9. The van der Waals surface area contributed by atoms with E-state index in [-0.39, 0.29) is 34.9 Å². The lowest BCUT2D eigenvalue weighted by atomic mass is 9.63. The number of Topliss-reactive ketones (excluding diaryl/α,β-unsaturated/α-hetero) is 2. The molecule has 0 radical (unpaired) electrons. The molecule has 6 heteroatoms. The Bertz CT molecular complexity index is 1440. The second kappa shape index (κ2) is 10.6. The molecular formula is C35H42N2O4. The first-order chi connectivity index (χ1) is 19.3. The Balaban J connectivity index is 1.54. The highest BCUT2D eigenvalue weighted by Crippen LogP contribution is 2.55. The van der Waals surface area contributed by atoms with Gasteiger partial charge in [0.05, 0.1) is 0 Å². The van der Waals surface area contributed by atoms with Crippen molar-refractivity contribution >= 4 is 23.2 Å². The molecule has 0 unspecified atom stereocenters. The van der Waals surface area contributed by atoms with Crippen molar-refractivity contribution in [2.45, 2.75) is 80.1 Å². The van der Waals surface area contributed by atoms with E-state index in [0.29, 0.717) is 36.3 Å². The second-order valence-corrected chi connectivity index (χ2v) is 13.5. The molecule has 3 aliphatic rings. The minimum absolute atomic E-state index is 0.0890. The van der Waals surface area contributed by atoms with Crippen molar-refractivity contribution in [2.24, 2.45) is 10.8 Å². The van der Waals surface area contributed by atoms with E-state index in [1.807, 2.05) is 56.3 Å². The Morgan fingerprint density at radius 3 is 2.02 bits per heavy atom. The molecule has 1 heterocycles. The zero-order valence-corrected chi connectivity index (χ0v) is 25.4. The van der Waals surface area contributed by atoms with Gasteiger partial charge in [0.1, 0.15) is 5.75 Å². The van der Waals surface area contributed by atoms with Gasteiger partial charge in [-0.05, 0) is 73.8 Å². The molecule has 0 aromatic heterocycles. The van der Waals surface area contributed by atoms with E-state index in [2.05, 4.69) is 44.8 Å². The van der Waals surface area contributed by atoms with Crippen LogP contribution in [0.3, 0.4) is 0 Å². The predicted molar refractivity (Wildman–Crippen MR) is 162 cm³/mol. The van der Waals surface area contributed by atoms with Crippen LogP contribution in [0.15, 0.2) is 65.0 Å². The van der Waals surface area contributed by atoms with Crippen LogP contribution in [0.5, 0.6) is 5.75 Å². The maximum Gasteiger partial charge on any atom is 0.262 e. The second-order valence-electron chi connectivity index (χ2n) is 13.5. The molecule has 0 fully saturated rings. The van der Waals surface area contributed by atoms with Crippen LogP contribution in [0.4, 0.5) is 5.69 Å². The van der Waals surface area contributed by atoms with Gasteiger partial charge < -0.3 is 15.0 Å². The van der Waals surface area contributed by atoms with Gasteiger partial charge in [0, 0.05) is 59.1 Å². The minimum Gasteiger partial charge on any atom is -0.483 e. The van der Waals surface area contributed by atoms with E-state index in [4.69, 9.17) is 4.74 Å². The third-order valence-electron chi connectivity index (χ3n) is 8.72. The van der Waals surface area contributed by atoms with Crippen LogP contribution in [0.25, 0.3) is 0 Å². The molecule has 0 atom stereocenters. The van der Waals surface area contributed by atoms with Crippen LogP contribution in [-0.2, 0) is 14.4 Å². The summed E-state index contributed by atoms with van der Waals surface area (Å²) in [6.07, 6.45) is 2.41. The van der Waals surface area contributed by atoms with Crippen molar-refractivity contribution in [3.63, 3.8) is 0 Å². The fourth-order valence-corrected chi connectivity index (χ4v) is 6.75. The first-order valence-corrected chi connectivity index (χ1v) is 14.7. The Labute approximate surface area is 243 Å². The number of nitrogens with one attached hydrogen (secondary N) is 1. The molecular weight excluding hydrogens is 512 g/mol. The average molecular weight is 555 g/mol. The van der Waals surface area contributed by atoms with Crippen LogP contribution in [0.2, 0.25) is 0 Å². The number of carbonyl (C=O) groups is 3. The number of anilines is 1. The van der Waals surface area contributed by atoms with Gasteiger partial charge >= 0.3 is 0 Å². The van der Waals surface area contributed by atoms with Crippen molar-refractivity contribution in [3.8, 4) is 5.75 Å². The summed E-state index contributed by atoms with van der Waals surface area (Å²) < 4.78 is 6.15. The number of hydrogen-bond donors (Lipinski definition) is 1. The summed E-state index contributed by atoms with van der Waals surface area (Å²) >= 11 is 0. The van der Waals surface area contributed by atoms with Crippen LogP contribution in [-0.4, -0.2) is 35.5 Å². The lowest BCUT2D eigenvalue weighted by Gasteiger charge is -2.49. The molecule has 2 aliphatic carbocycles. The maximum atomic E-state index is 13.9. The van der Waals surface area contributed by atoms with Gasteiger partial charge in [-0.1, -0.05) is 52.0 Å². The topological polar surface area (TPSA) is 75.7 Å². The number of para-hydroxylation sites is 1. The number of ketones is 2. The van der Waals surface area contributed by atoms with E-state index < -0.39 is 5.92 Å². The van der Waals surface area contributed by atoms with Gasteiger partial charge in [-0.2, -0.15) is 0 Å². The van der Waals surface area contributed by atoms with E-state index >= 15 is 0 Å². The number of amides is 1. The van der Waals surface area contributed by atoms with Crippen molar-refractivity contribution in [2.75, 3.05) is 18.5 Å². The predicted octanol–water partition coefficient (Wildman–Crippen LogP) is 7.03. The lowest BCUT2D eigenvalue weighted by Crippen LogP contribution is -2.44. The van der Waals surface area contributed by atoms with Gasteiger partial charge in [-0.3, -0.25) is 14.4 Å². The molecule has 5 rings (SSSR count). The van der Waals surface area contributed by atoms with Gasteiger partial charge in [0.15, 0.2) is 18.2 Å². The first-order valence-electron chi connectivity index (χ1n) is 14.7. The smallest absolute Gasteiger partial charge is 0.262 e. The van der Waals surface area contributed by atoms with Gasteiger partial charge in [0.2, 0.25) is 0 Å². The summed E-state index contributed by atoms with van der Waals surface area (Å²) in [7, 11) is 0. The molecule has 41 heavy (non-hydrogen) atoms. The number of aryl methyl sites for hydroxylation is 2. The fourth-order valence-electron chi connectivity index (χ4n) is 6.75. The molecule has 6 nitrogen and oxygen atoms in total. The molecule has 2 aromatic carbocycles. The van der Waals surface area contributed by atoms with Crippen LogP contribution < -0.4 is 10.1 Å². The highest BCUT2D eigenvalue weighted by molar-refractivity contribution is 6.07. The highest BCUT2D eigenvalue weighted by Gasteiger charge is 2.49. The van der Waals surface area contributed by atoms with Gasteiger partial charge in [-0.15, -0.1) is 0 Å². The number of carbonyl (C=O) groups excluding carboxylic acids is 3. The summed E-state index contributed by atoms with van der Waals surface area (Å²) in [5, 5.41) is 2.92. The molecule has 1 aliphatic heterocycles. The molecule has 2 aromatic rings. The molecule has 0 saturated heterocycles. The number of hydrogen-bond acceptors (Lipinski definition) is 5. The largest absolute Gasteiger partial charge is 0.483 e. The Hall–Kier alpha value is -3.67. The van der Waals surface area contributed by atoms with Crippen LogP contribution in [0, 0.1) is 24.7 Å². The average Bonchev–Trinajstić information content (AvgIpc) is 2.87. The summed E-state index contributed by atoms with van der Waals surface area (Å²) in [6, 6.07) is 13.4. The number of allylic oxidation sites excluding steroid dienone is 4. The monoisotopic (exact) mass is 554 g/mol. The van der Waals surface area contributed by atoms with Crippen LogP contribution >= 0.6 is 0 Å². The third-order valence-corrected chi connectivity index (χ3v) is 8.72. The van der Waals surface area contributed by atoms with Crippen molar-refractivity contribution in [1.29, 1.82) is 0 Å². The van der Waals surface area contributed by atoms with Gasteiger partial charge in [-0.25, -0.2) is 0 Å². The van der Waals surface area contributed by atoms with Crippen molar-refractivity contribution in [1.82, 2.24) is 4.90 Å². The SMILES string of the molecule is CCN1C2=C(C(=O)CC(C)(C)C2)C(c2ccccc2OCC(=O)Nc2ccc(C)c(C)c2)C2=C1CC(C)(C)CC2=O. The molecule has 0 bridgehead atoms. The molecule has 0 spiro atoms. The number of benzene rings is 2. The highest BCUT2D eigenvalue weighted by atomic mass is 16.5. The van der Waals surface area contributed by atoms with E-state index in [1.54, 1.807) is 0 Å². The Morgan fingerprint density at radius 1 is 0.878 bits per heavy atom. The summed E-state index contributed by atoms with van der Waals surface area (Å²) in [5.74, 6) is -0.0762. The molecule has 0 saturated carbocycles. The molecule has 216 valence electrons. The minimum atomic E-state index is -0.506. The van der Waals surface area contributed by atoms with Crippen molar-refractivity contribution < 1.29 is 19.1 Å². The first kappa shape index (κ1) is 28.8. The zero-order chi connectivity index (χ0) is 29.7. The Kier molecular flexibility index (Phi) is 7.47. The van der Waals surface area contributed by atoms with Gasteiger partial charge in [0.25, 0.3) is 5.91 Å². The summed E-state index contributed by atoms with van der Waals surface area (Å²) in [5.41, 5.74) is 6.91. The Morgan fingerprint density at radius 2 is 1.46 bits per heavy atom. The molecule has 1 N–H and O–H groups in total. The van der Waals surface area contributed by atoms with E-state index in [1.165, 1.54) is 0 Å². The standard InChI is InChI=1S/C35H42N2O4/c1-8-37-25-16-34(4,5)18-27(38)32(25)31(33-26(37)17-35(6,7)19-28(33)39)24-11-9-10-12-29(24)41-20-30(40)36-23-14-13-21(2)22(3)15-23/h9-15,31H,8,16-20H2,1-7H3,(H,36,40). The molecule has 1 amide bonds. The van der Waals surface area contributed by atoms with Crippen LogP contribution in [0.1, 0.15) is 82.9 Å². The number of rotatable bonds is 6. The summed E-state index contributed by atoms with van der Waals surface area (Å²) in [6.45, 7) is 15.2. The zero-order valence-electron chi connectivity index (χ0n) is 25.4. The quantitative estimate of drug-likeness (QED) is 0.415. The van der Waals surface area contributed by atoms with Crippen molar-refractivity contribution in [3.05, 3.63) is 81.7 Å². The normalized spacial score (nSPS) is 20.1. The third kappa shape index (κ3) is 5.61. The maximum absolute atomic E-state index is 13.9. The number of nitrogens with zero attached hydrogens (tertiary/aromatic N) is 1. The van der Waals surface area contributed by atoms with E-state index in [9.17, 15) is 14.4 Å².